The van der Waals surface area contributed by atoms with Crippen molar-refractivity contribution in [1.29, 1.82) is 0 Å². The molecule has 0 amide bonds. The van der Waals surface area contributed by atoms with Crippen LogP contribution in [0.4, 0.5) is 0 Å². The van der Waals surface area contributed by atoms with Crippen molar-refractivity contribution >= 4 is 24.3 Å². The Morgan fingerprint density at radius 1 is 1.03 bits per heavy atom. The van der Waals surface area contributed by atoms with E-state index < -0.39 is 0 Å². The summed E-state index contributed by atoms with van der Waals surface area (Å²) in [5.74, 6) is 0.898. The molecule has 0 bridgehead atoms. The summed E-state index contributed by atoms with van der Waals surface area (Å²) in [5, 5.41) is 0. The fourth-order valence-electron chi connectivity index (χ4n) is 3.90. The smallest absolute Gasteiger partial charge is 0.186 e. The van der Waals surface area contributed by atoms with Gasteiger partial charge < -0.3 is 9.64 Å². The number of benzene rings is 2. The van der Waals surface area contributed by atoms with Gasteiger partial charge in [0.1, 0.15) is 5.75 Å². The summed E-state index contributed by atoms with van der Waals surface area (Å²) in [5.41, 5.74) is 4.94. The molecule has 3 nitrogen and oxygen atoms in total. The van der Waals surface area contributed by atoms with Crippen LogP contribution in [0.2, 0.25) is 0 Å². The van der Waals surface area contributed by atoms with Gasteiger partial charge in [-0.25, -0.2) is 0 Å². The molecule has 0 N–H and O–H groups in total. The third-order valence-corrected chi connectivity index (χ3v) is 5.44. The van der Waals surface area contributed by atoms with Crippen LogP contribution in [0.25, 0.3) is 6.08 Å². The number of nitrogens with zero attached hydrogens (tertiary/aromatic N) is 1. The first-order valence-electron chi connectivity index (χ1n) is 10.3. The number of ketones is 1. The highest BCUT2D eigenvalue weighted by molar-refractivity contribution is 6.08. The van der Waals surface area contributed by atoms with Gasteiger partial charge in [0.25, 0.3) is 0 Å². The van der Waals surface area contributed by atoms with E-state index in [4.69, 9.17) is 4.74 Å². The molecule has 0 aromatic heterocycles. The van der Waals surface area contributed by atoms with E-state index in [1.54, 1.807) is 6.08 Å². The second-order valence-corrected chi connectivity index (χ2v) is 7.74. The number of likely N-dealkylation sites (tertiary alicyclic amines) is 1. The van der Waals surface area contributed by atoms with Gasteiger partial charge >= 0.3 is 0 Å². The van der Waals surface area contributed by atoms with Crippen LogP contribution in [-0.4, -0.2) is 36.9 Å². The number of hydrogen-bond acceptors (Lipinski definition) is 3. The second-order valence-electron chi connectivity index (χ2n) is 7.74. The van der Waals surface area contributed by atoms with E-state index in [2.05, 4.69) is 17.9 Å². The van der Waals surface area contributed by atoms with Gasteiger partial charge in [0.05, 0.1) is 6.61 Å². The monoisotopic (exact) mass is 413 g/mol. The molecule has 0 atom stereocenters. The van der Waals surface area contributed by atoms with Gasteiger partial charge in [0.15, 0.2) is 5.78 Å². The maximum absolute atomic E-state index is 12.8. The van der Waals surface area contributed by atoms with E-state index in [0.29, 0.717) is 0 Å². The van der Waals surface area contributed by atoms with Crippen molar-refractivity contribution in [3.8, 4) is 5.75 Å². The number of ether oxygens (including phenoxy) is 1. The van der Waals surface area contributed by atoms with Crippen LogP contribution in [0, 0.1) is 20.8 Å². The predicted octanol–water partition coefficient (Wildman–Crippen LogP) is 5.79. The standard InChI is InChI=1S/C25H31NO2.ClH/c1-19-9-4-5-10-22(19)11-12-24(27)25-20(2)17-23(18-21(25)3)28-16-8-15-26-13-6-7-14-26;/h4-5,9-12,17-18H,6-8,13-16H2,1-3H3;1H/b12-11+;. The molecule has 0 unspecified atom stereocenters. The molecule has 3 rings (SSSR count). The largest absolute Gasteiger partial charge is 0.494 e. The molecule has 0 saturated carbocycles. The zero-order chi connectivity index (χ0) is 19.9. The summed E-state index contributed by atoms with van der Waals surface area (Å²) >= 11 is 0. The molecular formula is C25H32ClNO2. The molecule has 1 heterocycles. The zero-order valence-electron chi connectivity index (χ0n) is 17.7. The first-order valence-corrected chi connectivity index (χ1v) is 10.3. The van der Waals surface area contributed by atoms with Crippen molar-refractivity contribution in [2.45, 2.75) is 40.0 Å². The van der Waals surface area contributed by atoms with Gasteiger partial charge in [0.2, 0.25) is 0 Å². The van der Waals surface area contributed by atoms with Crippen molar-refractivity contribution in [3.05, 3.63) is 70.3 Å². The minimum Gasteiger partial charge on any atom is -0.494 e. The summed E-state index contributed by atoms with van der Waals surface area (Å²) in [6.45, 7) is 10.3. The SMILES string of the molecule is Cc1ccccc1/C=C/C(=O)c1c(C)cc(OCCCN2CCCC2)cc1C.Cl. The van der Waals surface area contributed by atoms with Gasteiger partial charge in [-0.3, -0.25) is 4.79 Å². The van der Waals surface area contributed by atoms with E-state index in [1.165, 1.54) is 25.9 Å². The number of hydrogen-bond donors (Lipinski definition) is 0. The molecule has 1 saturated heterocycles. The van der Waals surface area contributed by atoms with Crippen molar-refractivity contribution in [3.63, 3.8) is 0 Å². The van der Waals surface area contributed by atoms with Crippen LogP contribution < -0.4 is 4.74 Å². The van der Waals surface area contributed by atoms with Crippen LogP contribution in [0.15, 0.2) is 42.5 Å². The van der Waals surface area contributed by atoms with E-state index >= 15 is 0 Å². The van der Waals surface area contributed by atoms with E-state index in [1.807, 2.05) is 50.3 Å². The minimum absolute atomic E-state index is 0. The number of carbonyl (C=O) groups is 1. The van der Waals surface area contributed by atoms with Crippen molar-refractivity contribution in [1.82, 2.24) is 4.90 Å². The molecule has 0 radical (unpaired) electrons. The first-order chi connectivity index (χ1) is 13.5. The molecular weight excluding hydrogens is 382 g/mol. The van der Waals surface area contributed by atoms with Crippen molar-refractivity contribution in [2.24, 2.45) is 0 Å². The maximum Gasteiger partial charge on any atom is 0.186 e. The second kappa shape index (κ2) is 11.2. The lowest BCUT2D eigenvalue weighted by Gasteiger charge is -2.15. The Morgan fingerprint density at radius 3 is 2.34 bits per heavy atom. The van der Waals surface area contributed by atoms with Gasteiger partial charge in [-0.1, -0.05) is 30.3 Å². The molecule has 29 heavy (non-hydrogen) atoms. The van der Waals surface area contributed by atoms with Crippen LogP contribution in [0.1, 0.15) is 51.9 Å². The van der Waals surface area contributed by atoms with Crippen LogP contribution >= 0.6 is 12.4 Å². The molecule has 2 aromatic rings. The number of rotatable bonds is 8. The Kier molecular flexibility index (Phi) is 8.94. The highest BCUT2D eigenvalue weighted by Crippen LogP contribution is 2.23. The lowest BCUT2D eigenvalue weighted by Crippen LogP contribution is -2.21. The lowest BCUT2D eigenvalue weighted by molar-refractivity contribution is 0.104. The lowest BCUT2D eigenvalue weighted by atomic mass is 9.97. The van der Waals surface area contributed by atoms with Gasteiger partial charge in [-0.05, 0) is 93.6 Å². The summed E-state index contributed by atoms with van der Waals surface area (Å²) in [6.07, 6.45) is 7.27. The average molecular weight is 414 g/mol. The molecule has 0 aliphatic carbocycles. The number of carbonyl (C=O) groups excluding carboxylic acids is 1. The molecule has 0 spiro atoms. The van der Waals surface area contributed by atoms with Gasteiger partial charge in [0, 0.05) is 12.1 Å². The Morgan fingerprint density at radius 2 is 1.69 bits per heavy atom. The molecule has 1 fully saturated rings. The first kappa shape index (κ1) is 23.2. The van der Waals surface area contributed by atoms with Gasteiger partial charge in [-0.2, -0.15) is 0 Å². The summed E-state index contributed by atoms with van der Waals surface area (Å²) in [4.78, 5) is 15.3. The Bertz CT molecular complexity index is 831. The minimum atomic E-state index is 0. The van der Waals surface area contributed by atoms with Crippen LogP contribution in [0.3, 0.4) is 0 Å². The van der Waals surface area contributed by atoms with E-state index in [-0.39, 0.29) is 18.2 Å². The van der Waals surface area contributed by atoms with E-state index in [9.17, 15) is 4.79 Å². The Labute approximate surface area is 181 Å². The molecule has 1 aliphatic heterocycles. The highest BCUT2D eigenvalue weighted by Gasteiger charge is 2.13. The normalized spacial score (nSPS) is 14.2. The third kappa shape index (κ3) is 6.45. The molecule has 2 aromatic carbocycles. The highest BCUT2D eigenvalue weighted by atomic mass is 35.5. The Hall–Kier alpha value is -2.10. The van der Waals surface area contributed by atoms with E-state index in [0.717, 1.165) is 53.1 Å². The summed E-state index contributed by atoms with van der Waals surface area (Å²) in [7, 11) is 0. The number of allylic oxidation sites excluding steroid dienone is 1. The Balaban J connectivity index is 0.00000300. The fourth-order valence-corrected chi connectivity index (χ4v) is 3.90. The average Bonchev–Trinajstić information content (AvgIpc) is 3.17. The zero-order valence-corrected chi connectivity index (χ0v) is 18.6. The van der Waals surface area contributed by atoms with Crippen LogP contribution in [-0.2, 0) is 0 Å². The summed E-state index contributed by atoms with van der Waals surface area (Å²) < 4.78 is 5.95. The maximum atomic E-state index is 12.8. The van der Waals surface area contributed by atoms with Crippen molar-refractivity contribution < 1.29 is 9.53 Å². The molecule has 156 valence electrons. The number of aryl methyl sites for hydroxylation is 3. The fraction of sp³-hybridized carbons (Fsp3) is 0.400. The summed E-state index contributed by atoms with van der Waals surface area (Å²) in [6, 6.07) is 12.0. The van der Waals surface area contributed by atoms with Crippen LogP contribution in [0.5, 0.6) is 5.75 Å². The van der Waals surface area contributed by atoms with Crippen molar-refractivity contribution in [2.75, 3.05) is 26.2 Å². The predicted molar refractivity (Wildman–Crippen MR) is 123 cm³/mol. The molecule has 4 heteroatoms. The quantitative estimate of drug-likeness (QED) is 0.311. The molecule has 1 aliphatic rings. The number of halogens is 1. The van der Waals surface area contributed by atoms with Gasteiger partial charge in [-0.15, -0.1) is 12.4 Å². The topological polar surface area (TPSA) is 29.5 Å². The third-order valence-electron chi connectivity index (χ3n) is 5.44.